The van der Waals surface area contributed by atoms with Crippen molar-refractivity contribution in [3.05, 3.63) is 35.6 Å². The van der Waals surface area contributed by atoms with Gasteiger partial charge in [-0.05, 0) is 31.5 Å². The number of carbonyl (C=O) groups excluding carboxylic acids is 2. The maximum Gasteiger partial charge on any atom is 0.315 e. The van der Waals surface area contributed by atoms with Gasteiger partial charge < -0.3 is 9.64 Å². The van der Waals surface area contributed by atoms with Crippen LogP contribution in [0.5, 0.6) is 0 Å². The highest BCUT2D eigenvalue weighted by Crippen LogP contribution is 2.64. The average molecular weight is 362 g/mol. The number of nitrogens with zero attached hydrogens (tertiary/aromatic N) is 1. The number of esters is 1. The van der Waals surface area contributed by atoms with Crippen molar-refractivity contribution in [2.45, 2.75) is 37.3 Å². The van der Waals surface area contributed by atoms with E-state index in [4.69, 9.17) is 27.9 Å². The number of halogens is 3. The third kappa shape index (κ3) is 3.78. The normalized spacial score (nSPS) is 23.0. The molecule has 0 bridgehead atoms. The number of alkyl halides is 2. The molecule has 0 spiro atoms. The van der Waals surface area contributed by atoms with Gasteiger partial charge in [-0.15, -0.1) is 23.2 Å². The molecule has 1 amide bonds. The van der Waals surface area contributed by atoms with Crippen LogP contribution in [0.4, 0.5) is 4.39 Å². The van der Waals surface area contributed by atoms with Crippen molar-refractivity contribution in [1.29, 1.82) is 0 Å². The van der Waals surface area contributed by atoms with Crippen LogP contribution in [0.2, 0.25) is 0 Å². The molecule has 0 heterocycles. The van der Waals surface area contributed by atoms with Gasteiger partial charge in [-0.2, -0.15) is 0 Å². The van der Waals surface area contributed by atoms with E-state index >= 15 is 0 Å². The van der Waals surface area contributed by atoms with Crippen LogP contribution in [0, 0.1) is 11.2 Å². The van der Waals surface area contributed by atoms with Crippen LogP contribution in [0.25, 0.3) is 0 Å². The summed E-state index contributed by atoms with van der Waals surface area (Å²) in [5.74, 6) is -1.35. The Balaban J connectivity index is 1.93. The molecule has 2 rings (SSSR count). The Morgan fingerprint density at radius 1 is 1.43 bits per heavy atom. The van der Waals surface area contributed by atoms with Gasteiger partial charge in [0.05, 0.1) is 0 Å². The van der Waals surface area contributed by atoms with Gasteiger partial charge in [0.15, 0.2) is 6.10 Å². The summed E-state index contributed by atoms with van der Waals surface area (Å²) >= 11 is 11.8. The maximum absolute atomic E-state index is 13.2. The van der Waals surface area contributed by atoms with Gasteiger partial charge in [-0.25, -0.2) is 4.39 Å². The third-order valence-electron chi connectivity index (χ3n) is 4.02. The van der Waals surface area contributed by atoms with Crippen LogP contribution in [-0.4, -0.2) is 34.3 Å². The van der Waals surface area contributed by atoms with E-state index in [-0.39, 0.29) is 18.3 Å². The molecule has 23 heavy (non-hydrogen) atoms. The van der Waals surface area contributed by atoms with Crippen molar-refractivity contribution in [3.8, 4) is 0 Å². The van der Waals surface area contributed by atoms with E-state index in [1.165, 1.54) is 24.0 Å². The predicted molar refractivity (Wildman–Crippen MR) is 85.6 cm³/mol. The molecule has 126 valence electrons. The number of rotatable bonds is 5. The lowest BCUT2D eigenvalue weighted by atomic mass is 10.1. The molecule has 4 nitrogen and oxygen atoms in total. The summed E-state index contributed by atoms with van der Waals surface area (Å²) in [6.45, 7) is 3.30. The molecule has 0 radical (unpaired) electrons. The molecule has 1 aliphatic rings. The molecule has 1 aliphatic carbocycles. The number of ether oxygens (including phenoxy) is 1. The Morgan fingerprint density at radius 3 is 2.57 bits per heavy atom. The fourth-order valence-corrected chi connectivity index (χ4v) is 2.95. The van der Waals surface area contributed by atoms with Crippen molar-refractivity contribution in [2.75, 3.05) is 7.05 Å². The van der Waals surface area contributed by atoms with Gasteiger partial charge >= 0.3 is 5.97 Å². The van der Waals surface area contributed by atoms with Crippen molar-refractivity contribution in [1.82, 2.24) is 4.90 Å². The van der Waals surface area contributed by atoms with Gasteiger partial charge in [-0.1, -0.05) is 12.1 Å². The van der Waals surface area contributed by atoms with E-state index in [1.807, 2.05) is 0 Å². The van der Waals surface area contributed by atoms with E-state index in [1.54, 1.807) is 26.1 Å². The summed E-state index contributed by atoms with van der Waals surface area (Å²) < 4.78 is 17.2. The maximum atomic E-state index is 13.2. The molecule has 7 heteroatoms. The van der Waals surface area contributed by atoms with E-state index in [2.05, 4.69) is 0 Å². The summed E-state index contributed by atoms with van der Waals surface area (Å²) in [6.07, 6.45) is -0.676. The number of hydrogen-bond acceptors (Lipinski definition) is 3. The molecule has 1 fully saturated rings. The highest BCUT2D eigenvalue weighted by molar-refractivity contribution is 6.53. The summed E-state index contributed by atoms with van der Waals surface area (Å²) in [7, 11) is 1.56. The van der Waals surface area contributed by atoms with E-state index in [0.717, 1.165) is 0 Å². The second-order valence-electron chi connectivity index (χ2n) is 6.09. The molecule has 0 N–H and O–H groups in total. The van der Waals surface area contributed by atoms with Crippen LogP contribution >= 0.6 is 23.2 Å². The van der Waals surface area contributed by atoms with Gasteiger partial charge in [-0.3, -0.25) is 9.59 Å². The molecule has 0 aliphatic heterocycles. The van der Waals surface area contributed by atoms with Crippen molar-refractivity contribution in [3.63, 3.8) is 0 Å². The smallest absolute Gasteiger partial charge is 0.315 e. The fourth-order valence-electron chi connectivity index (χ4n) is 2.26. The van der Waals surface area contributed by atoms with Crippen LogP contribution in [0.1, 0.15) is 25.8 Å². The molecule has 2 atom stereocenters. The minimum absolute atomic E-state index is 0.213. The molecule has 1 aromatic rings. The van der Waals surface area contributed by atoms with E-state index in [0.29, 0.717) is 12.0 Å². The van der Waals surface area contributed by atoms with Crippen LogP contribution in [-0.2, 0) is 20.9 Å². The topological polar surface area (TPSA) is 46.6 Å². The first-order chi connectivity index (χ1) is 10.6. The lowest BCUT2D eigenvalue weighted by Gasteiger charge is -2.23. The lowest BCUT2D eigenvalue weighted by molar-refractivity contribution is -0.163. The average Bonchev–Trinajstić information content (AvgIpc) is 2.98. The SMILES string of the molecule is CC(OC(=O)C1(C)CC1(Cl)Cl)C(=O)N(C)Cc1cccc(F)c1. The number of carbonyl (C=O) groups is 2. The first-order valence-electron chi connectivity index (χ1n) is 7.15. The Bertz CT molecular complexity index is 638. The van der Waals surface area contributed by atoms with E-state index < -0.39 is 21.8 Å². The summed E-state index contributed by atoms with van der Waals surface area (Å²) in [6, 6.07) is 5.96. The number of benzene rings is 1. The fraction of sp³-hybridized carbons (Fsp3) is 0.500. The minimum atomic E-state index is -1.14. The number of hydrogen-bond donors (Lipinski definition) is 0. The monoisotopic (exact) mass is 361 g/mol. The van der Waals surface area contributed by atoms with Gasteiger partial charge in [0.2, 0.25) is 0 Å². The first kappa shape index (κ1) is 18.0. The highest BCUT2D eigenvalue weighted by atomic mass is 35.5. The highest BCUT2D eigenvalue weighted by Gasteiger charge is 2.69. The Kier molecular flexibility index (Phi) is 4.92. The molecular weight excluding hydrogens is 344 g/mol. The van der Waals surface area contributed by atoms with Crippen molar-refractivity contribution < 1.29 is 18.7 Å². The lowest BCUT2D eigenvalue weighted by Crippen LogP contribution is -2.38. The Hall–Kier alpha value is -1.33. The zero-order valence-corrected chi connectivity index (χ0v) is 14.6. The molecule has 2 unspecified atom stereocenters. The minimum Gasteiger partial charge on any atom is -0.452 e. The Labute approximate surface area is 144 Å². The molecule has 0 aromatic heterocycles. The molecular formula is C16H18Cl2FNO3. The summed E-state index contributed by atoms with van der Waals surface area (Å²) in [4.78, 5) is 25.7. The van der Waals surface area contributed by atoms with Crippen molar-refractivity contribution in [2.24, 2.45) is 5.41 Å². The third-order valence-corrected chi connectivity index (χ3v) is 5.13. The number of amides is 1. The van der Waals surface area contributed by atoms with Gasteiger partial charge in [0, 0.05) is 20.0 Å². The van der Waals surface area contributed by atoms with Gasteiger partial charge in [0.25, 0.3) is 5.91 Å². The van der Waals surface area contributed by atoms with E-state index in [9.17, 15) is 14.0 Å². The van der Waals surface area contributed by atoms with Crippen LogP contribution in [0.15, 0.2) is 24.3 Å². The zero-order chi connectivity index (χ0) is 17.4. The van der Waals surface area contributed by atoms with Crippen LogP contribution in [0.3, 0.4) is 0 Å². The van der Waals surface area contributed by atoms with Crippen molar-refractivity contribution >= 4 is 35.1 Å². The standard InChI is InChI=1S/C16H18Cl2FNO3/c1-10(23-14(22)15(2)9-16(15,17)18)13(21)20(3)8-11-5-4-6-12(19)7-11/h4-7,10H,8-9H2,1-3H3. The molecule has 0 saturated heterocycles. The first-order valence-corrected chi connectivity index (χ1v) is 7.91. The second-order valence-corrected chi connectivity index (χ2v) is 7.57. The quantitative estimate of drug-likeness (QED) is 0.597. The molecule has 1 saturated carbocycles. The Morgan fingerprint density at radius 2 is 2.04 bits per heavy atom. The molecule has 1 aromatic carbocycles. The summed E-state index contributed by atoms with van der Waals surface area (Å²) in [5.41, 5.74) is -0.333. The number of likely N-dealkylation sites (N-methyl/N-ethyl adjacent to an activating group) is 1. The van der Waals surface area contributed by atoms with Gasteiger partial charge in [0.1, 0.15) is 15.6 Å². The second kappa shape index (κ2) is 6.29. The predicted octanol–water partition coefficient (Wildman–Crippen LogP) is 3.30. The summed E-state index contributed by atoms with van der Waals surface area (Å²) in [5, 5.41) is 0. The van der Waals surface area contributed by atoms with Crippen LogP contribution < -0.4 is 0 Å². The largest absolute Gasteiger partial charge is 0.452 e. The zero-order valence-electron chi connectivity index (χ0n) is 13.1.